The van der Waals surface area contributed by atoms with Gasteiger partial charge in [-0.15, -0.1) is 22.7 Å². The van der Waals surface area contributed by atoms with Crippen LogP contribution in [0.15, 0.2) is 199 Å². The van der Waals surface area contributed by atoms with Crippen LogP contribution in [0.25, 0.3) is 84.7 Å². The Kier molecular flexibility index (Phi) is 8.14. The van der Waals surface area contributed by atoms with Crippen LogP contribution in [0.3, 0.4) is 0 Å². The Morgan fingerprint density at radius 2 is 1.07 bits per heavy atom. The third-order valence-electron chi connectivity index (χ3n) is 11.0. The number of aromatic nitrogens is 1. The molecular formula is C52H34N4S2. The summed E-state index contributed by atoms with van der Waals surface area (Å²) in [5.74, 6) is 0.934. The molecule has 8 aromatic carbocycles. The van der Waals surface area contributed by atoms with Gasteiger partial charge in [-0.25, -0.2) is 9.98 Å². The maximum absolute atomic E-state index is 7.04. The number of fused-ring (bicyclic) bond motifs is 9. The van der Waals surface area contributed by atoms with Crippen molar-refractivity contribution < 1.29 is 0 Å². The second kappa shape index (κ2) is 13.8. The smallest absolute Gasteiger partial charge is 0.163 e. The van der Waals surface area contributed by atoms with E-state index < -0.39 is 0 Å². The molecule has 11 aromatic rings. The van der Waals surface area contributed by atoms with Gasteiger partial charge in [0.1, 0.15) is 5.84 Å². The fourth-order valence-corrected chi connectivity index (χ4v) is 10.8. The fraction of sp³-hybridized carbons (Fsp3) is 0. The molecule has 3 heterocycles. The van der Waals surface area contributed by atoms with Crippen molar-refractivity contribution in [2.24, 2.45) is 15.7 Å². The van der Waals surface area contributed by atoms with Crippen molar-refractivity contribution in [3.8, 4) is 16.8 Å². The summed E-state index contributed by atoms with van der Waals surface area (Å²) in [6.45, 7) is 4.41. The maximum Gasteiger partial charge on any atom is 0.163 e. The highest BCUT2D eigenvalue weighted by molar-refractivity contribution is 7.27. The van der Waals surface area contributed by atoms with Gasteiger partial charge in [0.2, 0.25) is 0 Å². The number of aliphatic imine (C=N–C) groups is 2. The zero-order valence-electron chi connectivity index (χ0n) is 31.3. The molecule has 0 atom stereocenters. The van der Waals surface area contributed by atoms with E-state index in [2.05, 4.69) is 163 Å². The molecule has 2 N–H and O–H groups in total. The van der Waals surface area contributed by atoms with Crippen molar-refractivity contribution in [2.45, 2.75) is 0 Å². The Labute approximate surface area is 342 Å². The summed E-state index contributed by atoms with van der Waals surface area (Å²) in [7, 11) is 0. The lowest BCUT2D eigenvalue weighted by molar-refractivity contribution is 1.20. The Hall–Kier alpha value is -7.12. The van der Waals surface area contributed by atoms with Gasteiger partial charge in [-0.2, -0.15) is 0 Å². The SMILES string of the molecule is C=C(N=C(N=C(N)c1cccc2c1sc1ccccc12)c1cccc2c1sc1c(-n3c4ccccc4c4cc(-c5ccccc5)ccc43)cccc12)c1ccccc1. The molecule has 0 saturated heterocycles. The van der Waals surface area contributed by atoms with E-state index in [9.17, 15) is 0 Å². The van der Waals surface area contributed by atoms with Crippen LogP contribution in [0.1, 0.15) is 16.7 Å². The number of nitrogens with two attached hydrogens (primary N) is 1. The summed E-state index contributed by atoms with van der Waals surface area (Å²) in [6, 6.07) is 64.0. The molecule has 0 aliphatic carbocycles. The molecule has 0 spiro atoms. The molecule has 4 nitrogen and oxygen atoms in total. The first-order chi connectivity index (χ1) is 28.6. The maximum atomic E-state index is 7.04. The van der Waals surface area contributed by atoms with Crippen LogP contribution < -0.4 is 5.73 Å². The van der Waals surface area contributed by atoms with Gasteiger partial charge in [-0.1, -0.05) is 146 Å². The highest BCUT2D eigenvalue weighted by atomic mass is 32.1. The van der Waals surface area contributed by atoms with Gasteiger partial charge in [0, 0.05) is 57.5 Å². The molecule has 0 fully saturated rings. The zero-order valence-corrected chi connectivity index (χ0v) is 32.9. The van der Waals surface area contributed by atoms with Crippen molar-refractivity contribution in [2.75, 3.05) is 0 Å². The van der Waals surface area contributed by atoms with E-state index in [1.54, 1.807) is 22.7 Å². The summed E-state index contributed by atoms with van der Waals surface area (Å²) in [5, 5.41) is 7.16. The number of amidine groups is 2. The summed E-state index contributed by atoms with van der Waals surface area (Å²) >= 11 is 3.51. The van der Waals surface area contributed by atoms with Gasteiger partial charge in [0.05, 0.1) is 27.1 Å². The minimum atomic E-state index is 0.413. The van der Waals surface area contributed by atoms with Crippen LogP contribution in [-0.4, -0.2) is 16.2 Å². The Morgan fingerprint density at radius 1 is 0.466 bits per heavy atom. The van der Waals surface area contributed by atoms with Crippen LogP contribution in [-0.2, 0) is 0 Å². The van der Waals surface area contributed by atoms with Crippen molar-refractivity contribution in [1.29, 1.82) is 0 Å². The van der Waals surface area contributed by atoms with E-state index in [0.29, 0.717) is 17.4 Å². The molecule has 0 amide bonds. The van der Waals surface area contributed by atoms with Crippen molar-refractivity contribution in [3.05, 3.63) is 205 Å². The third-order valence-corrected chi connectivity index (χ3v) is 13.5. The molecule has 0 radical (unpaired) electrons. The lowest BCUT2D eigenvalue weighted by Crippen LogP contribution is -2.16. The zero-order chi connectivity index (χ0) is 38.7. The predicted octanol–water partition coefficient (Wildman–Crippen LogP) is 14.0. The number of hydrogen-bond acceptors (Lipinski definition) is 3. The molecule has 0 saturated carbocycles. The molecule has 274 valence electrons. The van der Waals surface area contributed by atoms with Gasteiger partial charge >= 0.3 is 0 Å². The van der Waals surface area contributed by atoms with E-state index in [1.807, 2.05) is 30.3 Å². The largest absolute Gasteiger partial charge is 0.383 e. The summed E-state index contributed by atoms with van der Waals surface area (Å²) in [5.41, 5.74) is 16.3. The van der Waals surface area contributed by atoms with E-state index in [0.717, 1.165) is 37.2 Å². The number of benzene rings is 8. The number of para-hydroxylation sites is 1. The molecule has 0 unspecified atom stereocenters. The first-order valence-electron chi connectivity index (χ1n) is 19.2. The highest BCUT2D eigenvalue weighted by Gasteiger charge is 2.20. The Bertz CT molecular complexity index is 3480. The standard InChI is InChI=1S/C52H34N4S2/c1-32(33-15-4-2-5-16-33)54-52(55-51(53)41-24-12-21-38-37-20-9-11-28-47(37)57-48(38)41)42-25-13-22-39-40-23-14-27-46(50(40)58-49(39)42)56-44-26-10-8-19-36(44)43-31-35(29-30-45(43)56)34-17-6-3-7-18-34/h2-31H,1H2,(H2,53,54,55). The number of thiophene rings is 2. The molecule has 0 aliphatic rings. The van der Waals surface area contributed by atoms with Crippen molar-refractivity contribution in [1.82, 2.24) is 4.57 Å². The van der Waals surface area contributed by atoms with E-state index >= 15 is 0 Å². The summed E-state index contributed by atoms with van der Waals surface area (Å²) in [6.07, 6.45) is 0. The molecule has 6 heteroatoms. The number of rotatable bonds is 6. The lowest BCUT2D eigenvalue weighted by Gasteiger charge is -2.10. The second-order valence-corrected chi connectivity index (χ2v) is 16.5. The van der Waals surface area contributed by atoms with Gasteiger partial charge in [-0.3, -0.25) is 0 Å². The minimum Gasteiger partial charge on any atom is -0.383 e. The summed E-state index contributed by atoms with van der Waals surface area (Å²) in [4.78, 5) is 10.4. The predicted molar refractivity (Wildman–Crippen MR) is 251 cm³/mol. The number of hydrogen-bond donors (Lipinski definition) is 1. The lowest BCUT2D eigenvalue weighted by atomic mass is 10.0. The van der Waals surface area contributed by atoms with E-state index in [1.165, 1.54) is 58.5 Å². The number of nitrogens with zero attached hydrogens (tertiary/aromatic N) is 3. The average Bonchev–Trinajstić information content (AvgIpc) is 3.96. The highest BCUT2D eigenvalue weighted by Crippen LogP contribution is 2.43. The Balaban J connectivity index is 1.12. The van der Waals surface area contributed by atoms with Crippen molar-refractivity contribution >= 4 is 102 Å². The normalized spacial score (nSPS) is 12.5. The molecule has 0 bridgehead atoms. The van der Waals surface area contributed by atoms with Crippen LogP contribution >= 0.6 is 22.7 Å². The molecule has 0 aliphatic heterocycles. The quantitative estimate of drug-likeness (QED) is 0.133. The van der Waals surface area contributed by atoms with Gasteiger partial charge < -0.3 is 10.3 Å². The fourth-order valence-electron chi connectivity index (χ4n) is 8.29. The topological polar surface area (TPSA) is 55.7 Å². The second-order valence-electron chi connectivity index (χ2n) is 14.4. The van der Waals surface area contributed by atoms with Gasteiger partial charge in [0.25, 0.3) is 0 Å². The van der Waals surface area contributed by atoms with Crippen LogP contribution in [0.4, 0.5) is 0 Å². The van der Waals surface area contributed by atoms with Crippen LogP contribution in [0.5, 0.6) is 0 Å². The molecular weight excluding hydrogens is 745 g/mol. The van der Waals surface area contributed by atoms with Crippen LogP contribution in [0.2, 0.25) is 0 Å². The van der Waals surface area contributed by atoms with Gasteiger partial charge in [0.15, 0.2) is 5.84 Å². The first kappa shape index (κ1) is 34.2. The third kappa shape index (κ3) is 5.57. The van der Waals surface area contributed by atoms with E-state index in [-0.39, 0.29) is 0 Å². The minimum absolute atomic E-state index is 0.413. The molecule has 11 rings (SSSR count). The van der Waals surface area contributed by atoms with Crippen LogP contribution in [0, 0.1) is 0 Å². The van der Waals surface area contributed by atoms with E-state index in [4.69, 9.17) is 15.7 Å². The first-order valence-corrected chi connectivity index (χ1v) is 20.9. The average molecular weight is 779 g/mol. The van der Waals surface area contributed by atoms with Crippen molar-refractivity contribution in [3.63, 3.8) is 0 Å². The molecule has 58 heavy (non-hydrogen) atoms. The molecule has 3 aromatic heterocycles. The summed E-state index contributed by atoms with van der Waals surface area (Å²) < 4.78 is 7.03. The Morgan fingerprint density at radius 3 is 1.88 bits per heavy atom. The van der Waals surface area contributed by atoms with Gasteiger partial charge in [-0.05, 0) is 59.2 Å². The monoisotopic (exact) mass is 778 g/mol.